The Morgan fingerprint density at radius 3 is 1.92 bits per heavy atom. The Hall–Kier alpha value is -2.59. The Kier molecular flexibility index (Phi) is 5.42. The molecule has 0 unspecified atom stereocenters. The summed E-state index contributed by atoms with van der Waals surface area (Å²) in [7, 11) is 1.49. The molecule has 7 heteroatoms. The molecule has 24 heavy (non-hydrogen) atoms. The molecule has 2 aromatic carbocycles. The van der Waals surface area contributed by atoms with Gasteiger partial charge in [-0.15, -0.1) is 0 Å². The van der Waals surface area contributed by atoms with Gasteiger partial charge in [-0.25, -0.2) is 22.0 Å². The zero-order valence-corrected chi connectivity index (χ0v) is 12.3. The van der Waals surface area contributed by atoms with Crippen LogP contribution in [0, 0.1) is 40.9 Å². The Bertz CT molecular complexity index is 777. The van der Waals surface area contributed by atoms with Gasteiger partial charge in [-0.05, 0) is 24.3 Å². The molecule has 1 N–H and O–H groups in total. The lowest BCUT2D eigenvalue weighted by atomic mass is 10.0. The molecule has 0 aliphatic heterocycles. The highest BCUT2D eigenvalue weighted by molar-refractivity contribution is 5.38. The largest absolute Gasteiger partial charge is 0.497 e. The topological polar surface area (TPSA) is 29.5 Å². The molecule has 0 aromatic heterocycles. The van der Waals surface area contributed by atoms with E-state index in [4.69, 9.17) is 4.74 Å². The average molecular weight is 342 g/mol. The summed E-state index contributed by atoms with van der Waals surface area (Å²) in [5.41, 5.74) is -0.768. The Labute approximate surface area is 134 Å². The molecule has 0 saturated carbocycles. The summed E-state index contributed by atoms with van der Waals surface area (Å²) in [5.74, 6) is -4.98. The Morgan fingerprint density at radius 1 is 0.917 bits per heavy atom. The van der Waals surface area contributed by atoms with Crippen LogP contribution in [-0.2, 0) is 0 Å². The van der Waals surface area contributed by atoms with Crippen LogP contribution in [-0.4, -0.2) is 12.2 Å². The van der Waals surface area contributed by atoms with Crippen LogP contribution in [0.5, 0.6) is 5.75 Å². The quantitative estimate of drug-likeness (QED) is 0.397. The van der Waals surface area contributed by atoms with E-state index in [1.807, 2.05) is 0 Å². The second kappa shape index (κ2) is 7.32. The molecule has 1 atom stereocenters. The van der Waals surface area contributed by atoms with Crippen molar-refractivity contribution >= 4 is 0 Å². The number of hydrogen-bond donors (Lipinski definition) is 1. The molecule has 2 aromatic rings. The van der Waals surface area contributed by atoms with Gasteiger partial charge in [0.25, 0.3) is 0 Å². The number of benzene rings is 2. The predicted molar refractivity (Wildman–Crippen MR) is 75.7 cm³/mol. The third-order valence-electron chi connectivity index (χ3n) is 3.20. The molecular formula is C17H11F5O2. The number of rotatable bonds is 3. The molecule has 0 fully saturated rings. The highest BCUT2D eigenvalue weighted by Gasteiger charge is 2.29. The van der Waals surface area contributed by atoms with Crippen molar-refractivity contribution in [1.82, 2.24) is 0 Å². The van der Waals surface area contributed by atoms with Crippen LogP contribution in [0.4, 0.5) is 22.0 Å². The molecule has 0 saturated heterocycles. The number of methoxy groups -OCH3 is 1. The average Bonchev–Trinajstić information content (AvgIpc) is 2.59. The molecule has 0 amide bonds. The molecule has 0 bridgehead atoms. The van der Waals surface area contributed by atoms with Gasteiger partial charge in [0.2, 0.25) is 5.82 Å². The summed E-state index contributed by atoms with van der Waals surface area (Å²) in [6.07, 6.45) is -2.47. The highest BCUT2D eigenvalue weighted by atomic mass is 19.2. The summed E-state index contributed by atoms with van der Waals surface area (Å²) < 4.78 is 71.2. The van der Waals surface area contributed by atoms with Gasteiger partial charge in [-0.2, -0.15) is 0 Å². The molecule has 126 valence electrons. The molecule has 0 spiro atoms. The van der Waals surface area contributed by atoms with Crippen molar-refractivity contribution in [2.45, 2.75) is 12.5 Å². The molecule has 0 aliphatic carbocycles. The first-order chi connectivity index (χ1) is 11.4. The summed E-state index contributed by atoms with van der Waals surface area (Å²) >= 11 is 0. The maximum Gasteiger partial charge on any atom is 0.200 e. The molecule has 2 rings (SSSR count). The number of ether oxygens (including phenoxy) is 1. The lowest BCUT2D eigenvalue weighted by Crippen LogP contribution is -2.11. The predicted octanol–water partition coefficient (Wildman–Crippen LogP) is 3.87. The molecule has 2 nitrogen and oxygen atoms in total. The van der Waals surface area contributed by atoms with Crippen LogP contribution in [0.25, 0.3) is 0 Å². The minimum atomic E-state index is -2.27. The van der Waals surface area contributed by atoms with Crippen molar-refractivity contribution in [1.29, 1.82) is 0 Å². The van der Waals surface area contributed by atoms with E-state index in [2.05, 4.69) is 11.8 Å². The van der Waals surface area contributed by atoms with E-state index in [0.29, 0.717) is 11.3 Å². The van der Waals surface area contributed by atoms with E-state index in [0.717, 1.165) is 0 Å². The monoisotopic (exact) mass is 342 g/mol. The van der Waals surface area contributed by atoms with Crippen LogP contribution >= 0.6 is 0 Å². The maximum absolute atomic E-state index is 13.5. The Balaban J connectivity index is 2.22. The van der Waals surface area contributed by atoms with Gasteiger partial charge in [0.15, 0.2) is 23.3 Å². The lowest BCUT2D eigenvalue weighted by Gasteiger charge is -2.12. The second-order valence-corrected chi connectivity index (χ2v) is 4.73. The van der Waals surface area contributed by atoms with E-state index in [1.165, 1.54) is 7.11 Å². The van der Waals surface area contributed by atoms with Crippen molar-refractivity contribution < 1.29 is 31.8 Å². The second-order valence-electron chi connectivity index (χ2n) is 4.73. The van der Waals surface area contributed by atoms with Crippen molar-refractivity contribution in [3.05, 3.63) is 64.5 Å². The maximum atomic E-state index is 13.5. The van der Waals surface area contributed by atoms with Crippen LogP contribution in [0.3, 0.4) is 0 Å². The standard InChI is InChI=1S/C17H11F5O2/c1-24-10-7-5-9(6-8-10)3-2-4-11(23)12-13(18)15(20)17(22)16(21)14(12)19/h5-8,11,23H,4H2,1H3/t11-/m0/s1. The number of hydrogen-bond acceptors (Lipinski definition) is 2. The van der Waals surface area contributed by atoms with E-state index in [9.17, 15) is 27.1 Å². The fraction of sp³-hybridized carbons (Fsp3) is 0.176. The lowest BCUT2D eigenvalue weighted by molar-refractivity contribution is 0.169. The molecule has 0 aliphatic rings. The number of aliphatic hydroxyl groups is 1. The summed E-state index contributed by atoms with van der Waals surface area (Å²) in [6, 6.07) is 6.47. The van der Waals surface area contributed by atoms with Gasteiger partial charge in [-0.3, -0.25) is 0 Å². The number of aliphatic hydroxyl groups excluding tert-OH is 1. The third-order valence-corrected chi connectivity index (χ3v) is 3.20. The van der Waals surface area contributed by atoms with Crippen molar-refractivity contribution in [3.8, 4) is 17.6 Å². The highest BCUT2D eigenvalue weighted by Crippen LogP contribution is 2.29. The van der Waals surface area contributed by atoms with Gasteiger partial charge in [-0.1, -0.05) is 11.8 Å². The molecule has 0 radical (unpaired) electrons. The fourth-order valence-electron chi connectivity index (χ4n) is 1.94. The first-order valence-electron chi connectivity index (χ1n) is 6.69. The number of halogens is 5. The van der Waals surface area contributed by atoms with Gasteiger partial charge in [0.05, 0.1) is 18.8 Å². The van der Waals surface area contributed by atoms with Crippen LogP contribution < -0.4 is 4.74 Å². The van der Waals surface area contributed by atoms with Gasteiger partial charge >= 0.3 is 0 Å². The van der Waals surface area contributed by atoms with Crippen molar-refractivity contribution in [2.75, 3.05) is 7.11 Å². The SMILES string of the molecule is COc1ccc(C#CC[C@H](O)c2c(F)c(F)c(F)c(F)c2F)cc1. The minimum absolute atomic E-state index is 0.510. The first-order valence-corrected chi connectivity index (χ1v) is 6.69. The van der Waals surface area contributed by atoms with E-state index in [-0.39, 0.29) is 0 Å². The summed E-state index contributed by atoms with van der Waals surface area (Å²) in [5, 5.41) is 9.72. The third kappa shape index (κ3) is 3.49. The van der Waals surface area contributed by atoms with Gasteiger partial charge < -0.3 is 9.84 Å². The first kappa shape index (κ1) is 17.8. The van der Waals surface area contributed by atoms with E-state index in [1.54, 1.807) is 24.3 Å². The van der Waals surface area contributed by atoms with Crippen molar-refractivity contribution in [2.24, 2.45) is 0 Å². The molecule has 0 heterocycles. The van der Waals surface area contributed by atoms with Crippen LogP contribution in [0.15, 0.2) is 24.3 Å². The zero-order valence-electron chi connectivity index (χ0n) is 12.3. The summed E-state index contributed by atoms with van der Waals surface area (Å²) in [4.78, 5) is 0. The van der Waals surface area contributed by atoms with Gasteiger partial charge in [0, 0.05) is 12.0 Å². The van der Waals surface area contributed by atoms with Gasteiger partial charge in [0.1, 0.15) is 5.75 Å². The smallest absolute Gasteiger partial charge is 0.200 e. The minimum Gasteiger partial charge on any atom is -0.497 e. The van der Waals surface area contributed by atoms with Crippen molar-refractivity contribution in [3.63, 3.8) is 0 Å². The molecular weight excluding hydrogens is 331 g/mol. The van der Waals surface area contributed by atoms with E-state index < -0.39 is 47.2 Å². The van der Waals surface area contributed by atoms with E-state index >= 15 is 0 Å². The summed E-state index contributed by atoms with van der Waals surface area (Å²) in [6.45, 7) is 0. The normalized spacial score (nSPS) is 11.6. The Morgan fingerprint density at radius 2 is 1.42 bits per heavy atom. The van der Waals surface area contributed by atoms with Crippen LogP contribution in [0.2, 0.25) is 0 Å². The zero-order chi connectivity index (χ0) is 17.9. The fourth-order valence-corrected chi connectivity index (χ4v) is 1.94. The van der Waals surface area contributed by atoms with Crippen LogP contribution in [0.1, 0.15) is 23.7 Å².